The first kappa shape index (κ1) is 10.9. The van der Waals surface area contributed by atoms with Crippen molar-refractivity contribution in [3.8, 4) is 0 Å². The summed E-state index contributed by atoms with van der Waals surface area (Å²) < 4.78 is 0. The van der Waals surface area contributed by atoms with Crippen LogP contribution in [-0.2, 0) is 0 Å². The minimum absolute atomic E-state index is 0.608. The molecule has 0 saturated heterocycles. The topological polar surface area (TPSA) is 24.4 Å². The van der Waals surface area contributed by atoms with Crippen LogP contribution < -0.4 is 5.32 Å². The lowest BCUT2D eigenvalue weighted by atomic mass is 10.3. The van der Waals surface area contributed by atoms with Crippen molar-refractivity contribution in [3.63, 3.8) is 0 Å². The Morgan fingerprint density at radius 3 is 3.07 bits per heavy atom. The van der Waals surface area contributed by atoms with Crippen molar-refractivity contribution in [1.82, 2.24) is 0 Å². The third-order valence-electron chi connectivity index (χ3n) is 2.13. The quantitative estimate of drug-likeness (QED) is 0.800. The molecule has 0 radical (unpaired) electrons. The van der Waals surface area contributed by atoms with Crippen LogP contribution in [0.15, 0.2) is 34.2 Å². The first-order valence-corrected chi connectivity index (χ1v) is 7.00. The Balaban J connectivity index is 2.04. The number of benzene rings is 1. The summed E-state index contributed by atoms with van der Waals surface area (Å²) in [5, 5.41) is 5.00. The van der Waals surface area contributed by atoms with Gasteiger partial charge in [-0.1, -0.05) is 24.8 Å². The molecule has 80 valence electrons. The molecule has 0 fully saturated rings. The molecule has 2 nitrogen and oxygen atoms in total. The molecule has 0 saturated carbocycles. The highest BCUT2D eigenvalue weighted by Crippen LogP contribution is 2.24. The molecular weight excluding hydrogens is 224 g/mol. The van der Waals surface area contributed by atoms with E-state index < -0.39 is 0 Å². The van der Waals surface area contributed by atoms with E-state index in [2.05, 4.69) is 47.8 Å². The second-order valence-corrected chi connectivity index (χ2v) is 5.74. The van der Waals surface area contributed by atoms with Gasteiger partial charge in [0.05, 0.1) is 6.54 Å². The van der Waals surface area contributed by atoms with Crippen LogP contribution in [0.5, 0.6) is 0 Å². The largest absolute Gasteiger partial charge is 0.335 e. The number of hydrogen-bond donors (Lipinski definition) is 1. The van der Waals surface area contributed by atoms with Crippen LogP contribution in [-0.4, -0.2) is 23.2 Å². The van der Waals surface area contributed by atoms with E-state index >= 15 is 0 Å². The molecule has 1 N–H and O–H groups in total. The maximum absolute atomic E-state index is 4.43. The Morgan fingerprint density at radius 2 is 2.40 bits per heavy atom. The molecule has 1 aliphatic heterocycles. The SMILES string of the molecule is CSc1cccc(NC2=NCC(C)S2)c1. The highest BCUT2D eigenvalue weighted by atomic mass is 32.2. The fourth-order valence-electron chi connectivity index (χ4n) is 1.37. The molecule has 1 aliphatic rings. The number of rotatable bonds is 2. The molecule has 0 bridgehead atoms. The molecule has 0 spiro atoms. The predicted octanol–water partition coefficient (Wildman–Crippen LogP) is 3.31. The summed E-state index contributed by atoms with van der Waals surface area (Å²) in [7, 11) is 0. The number of nitrogens with zero attached hydrogens (tertiary/aromatic N) is 1. The minimum atomic E-state index is 0.608. The molecule has 1 heterocycles. The lowest BCUT2D eigenvalue weighted by Crippen LogP contribution is -2.05. The monoisotopic (exact) mass is 238 g/mol. The number of hydrogen-bond acceptors (Lipinski definition) is 4. The van der Waals surface area contributed by atoms with Gasteiger partial charge in [-0.15, -0.1) is 11.8 Å². The van der Waals surface area contributed by atoms with E-state index in [1.165, 1.54) is 4.90 Å². The van der Waals surface area contributed by atoms with Crippen molar-refractivity contribution in [1.29, 1.82) is 0 Å². The Hall–Kier alpha value is -0.610. The molecule has 1 atom stereocenters. The second kappa shape index (κ2) is 4.94. The standard InChI is InChI=1S/C11H14N2S2/c1-8-7-12-11(15-8)13-9-4-3-5-10(6-9)14-2/h3-6,8H,7H2,1-2H3,(H,12,13). The van der Waals surface area contributed by atoms with Gasteiger partial charge in [-0.2, -0.15) is 0 Å². The fourth-order valence-corrected chi connectivity index (χ4v) is 2.69. The summed E-state index contributed by atoms with van der Waals surface area (Å²) in [6.07, 6.45) is 2.09. The Kier molecular flexibility index (Phi) is 3.59. The minimum Gasteiger partial charge on any atom is -0.335 e. The Bertz CT molecular complexity index is 377. The van der Waals surface area contributed by atoms with Crippen LogP contribution in [0.2, 0.25) is 0 Å². The summed E-state index contributed by atoms with van der Waals surface area (Å²) in [4.78, 5) is 5.70. The molecule has 1 unspecified atom stereocenters. The van der Waals surface area contributed by atoms with Crippen LogP contribution in [0.25, 0.3) is 0 Å². The molecule has 4 heteroatoms. The lowest BCUT2D eigenvalue weighted by molar-refractivity contribution is 0.976. The van der Waals surface area contributed by atoms with Gasteiger partial charge in [-0.05, 0) is 24.5 Å². The smallest absolute Gasteiger partial charge is 0.161 e. The molecule has 15 heavy (non-hydrogen) atoms. The highest BCUT2D eigenvalue weighted by molar-refractivity contribution is 8.15. The normalized spacial score (nSPS) is 20.1. The van der Waals surface area contributed by atoms with Gasteiger partial charge >= 0.3 is 0 Å². The zero-order chi connectivity index (χ0) is 10.7. The van der Waals surface area contributed by atoms with Crippen LogP contribution in [0.3, 0.4) is 0 Å². The lowest BCUT2D eigenvalue weighted by Gasteiger charge is -2.06. The van der Waals surface area contributed by atoms with Crippen LogP contribution >= 0.6 is 23.5 Å². The average Bonchev–Trinajstić information content (AvgIpc) is 2.64. The van der Waals surface area contributed by atoms with Gasteiger partial charge < -0.3 is 5.32 Å². The zero-order valence-corrected chi connectivity index (χ0v) is 10.5. The zero-order valence-electron chi connectivity index (χ0n) is 8.86. The van der Waals surface area contributed by atoms with E-state index in [0.717, 1.165) is 17.4 Å². The van der Waals surface area contributed by atoms with Gasteiger partial charge in [0.1, 0.15) is 0 Å². The van der Waals surface area contributed by atoms with Gasteiger partial charge in [0, 0.05) is 15.8 Å². The van der Waals surface area contributed by atoms with E-state index in [1.54, 1.807) is 23.5 Å². The summed E-state index contributed by atoms with van der Waals surface area (Å²) in [5.74, 6) is 0. The molecule has 0 aliphatic carbocycles. The van der Waals surface area contributed by atoms with E-state index in [-0.39, 0.29) is 0 Å². The third-order valence-corrected chi connectivity index (χ3v) is 3.86. The number of aliphatic imine (C=N–C) groups is 1. The van der Waals surface area contributed by atoms with Crippen molar-refractivity contribution in [2.24, 2.45) is 4.99 Å². The van der Waals surface area contributed by atoms with Crippen LogP contribution in [0.1, 0.15) is 6.92 Å². The van der Waals surface area contributed by atoms with Gasteiger partial charge in [-0.25, -0.2) is 0 Å². The summed E-state index contributed by atoms with van der Waals surface area (Å²) in [6, 6.07) is 8.41. The molecule has 1 aromatic rings. The maximum Gasteiger partial charge on any atom is 0.161 e. The first-order chi connectivity index (χ1) is 7.28. The number of thioether (sulfide) groups is 2. The van der Waals surface area contributed by atoms with Gasteiger partial charge in [0.15, 0.2) is 5.17 Å². The van der Waals surface area contributed by atoms with Gasteiger partial charge in [0.25, 0.3) is 0 Å². The van der Waals surface area contributed by atoms with E-state index in [1.807, 2.05) is 0 Å². The summed E-state index contributed by atoms with van der Waals surface area (Å²) in [5.41, 5.74) is 1.13. The van der Waals surface area contributed by atoms with E-state index in [0.29, 0.717) is 5.25 Å². The molecule has 2 rings (SSSR count). The van der Waals surface area contributed by atoms with Crippen molar-refractivity contribution in [3.05, 3.63) is 24.3 Å². The summed E-state index contributed by atoms with van der Waals surface area (Å²) >= 11 is 3.56. The van der Waals surface area contributed by atoms with Crippen molar-refractivity contribution in [2.45, 2.75) is 17.1 Å². The van der Waals surface area contributed by atoms with Crippen molar-refractivity contribution < 1.29 is 0 Å². The van der Waals surface area contributed by atoms with E-state index in [9.17, 15) is 0 Å². The second-order valence-electron chi connectivity index (χ2n) is 3.43. The van der Waals surface area contributed by atoms with Crippen molar-refractivity contribution >= 4 is 34.4 Å². The predicted molar refractivity (Wildman–Crippen MR) is 71.2 cm³/mol. The van der Waals surface area contributed by atoms with Crippen LogP contribution in [0, 0.1) is 0 Å². The fraction of sp³-hybridized carbons (Fsp3) is 0.364. The molecule has 1 aromatic carbocycles. The molecular formula is C11H14N2S2. The van der Waals surface area contributed by atoms with Gasteiger partial charge in [-0.3, -0.25) is 4.99 Å². The van der Waals surface area contributed by atoms with Crippen molar-refractivity contribution in [2.75, 3.05) is 18.1 Å². The first-order valence-electron chi connectivity index (χ1n) is 4.90. The Labute approximate surface area is 98.9 Å². The number of nitrogens with one attached hydrogen (secondary N) is 1. The van der Waals surface area contributed by atoms with Gasteiger partial charge in [0.2, 0.25) is 0 Å². The van der Waals surface area contributed by atoms with E-state index in [4.69, 9.17) is 0 Å². The van der Waals surface area contributed by atoms with Crippen LogP contribution in [0.4, 0.5) is 5.69 Å². The number of anilines is 1. The Morgan fingerprint density at radius 1 is 1.53 bits per heavy atom. The third kappa shape index (κ3) is 2.92. The summed E-state index contributed by atoms with van der Waals surface area (Å²) in [6.45, 7) is 3.12. The maximum atomic E-state index is 4.43. The molecule has 0 amide bonds. The highest BCUT2D eigenvalue weighted by Gasteiger charge is 2.14. The molecule has 0 aromatic heterocycles. The average molecular weight is 238 g/mol. The number of amidine groups is 1.